The van der Waals surface area contributed by atoms with Crippen molar-refractivity contribution in [1.29, 1.82) is 0 Å². The molecule has 0 spiro atoms. The van der Waals surface area contributed by atoms with Gasteiger partial charge in [-0.05, 0) is 5.56 Å². The Morgan fingerprint density at radius 2 is 1.58 bits per heavy atom. The lowest BCUT2D eigenvalue weighted by molar-refractivity contribution is 0.0503. The summed E-state index contributed by atoms with van der Waals surface area (Å²) >= 11 is 0. The third-order valence-electron chi connectivity index (χ3n) is 1.55. The molecular weight excluding hydrogens is 165 g/mol. The van der Waals surface area contributed by atoms with Crippen LogP contribution in [0.2, 0.25) is 0 Å². The Morgan fingerprint density at radius 1 is 1.00 bits per heavy atom. The molecule has 0 saturated carbocycles. The van der Waals surface area contributed by atoms with Gasteiger partial charge < -0.3 is 0 Å². The van der Waals surface area contributed by atoms with Crippen molar-refractivity contribution in [3.63, 3.8) is 0 Å². The van der Waals surface area contributed by atoms with Gasteiger partial charge in [-0.3, -0.25) is 0 Å². The number of benzene rings is 1. The molecule has 0 fully saturated rings. The zero-order chi connectivity index (χ0) is 8.97. The Hall–Kier alpha value is -0.990. The molecule has 1 aromatic rings. The Labute approximate surface area is 69.0 Å². The lowest BCUT2D eigenvalue weighted by Gasteiger charge is -2.05. The van der Waals surface area contributed by atoms with E-state index in [9.17, 15) is 13.2 Å². The lowest BCUT2D eigenvalue weighted by atomic mass is 10.1. The standard InChI is InChI=1S/C9H9F3/c10-8(9(11)12)6-7-4-2-1-3-5-7/h1-5,8-9H,6H2. The third kappa shape index (κ3) is 2.57. The van der Waals surface area contributed by atoms with Crippen LogP contribution in [0.1, 0.15) is 5.56 Å². The molecule has 1 unspecified atom stereocenters. The Kier molecular flexibility index (Phi) is 3.14. The predicted molar refractivity (Wildman–Crippen MR) is 41.0 cm³/mol. The fourth-order valence-electron chi connectivity index (χ4n) is 0.928. The molecule has 3 heteroatoms. The summed E-state index contributed by atoms with van der Waals surface area (Å²) in [5.41, 5.74) is 0.602. The molecule has 0 aromatic heterocycles. The summed E-state index contributed by atoms with van der Waals surface area (Å²) in [5, 5.41) is 0. The van der Waals surface area contributed by atoms with Gasteiger partial charge in [-0.15, -0.1) is 0 Å². The van der Waals surface area contributed by atoms with Crippen LogP contribution in [0.4, 0.5) is 13.2 Å². The molecule has 0 heterocycles. The smallest absolute Gasteiger partial charge is 0.241 e. The molecule has 0 bridgehead atoms. The van der Waals surface area contributed by atoms with Gasteiger partial charge in [-0.1, -0.05) is 30.3 Å². The van der Waals surface area contributed by atoms with Crippen LogP contribution in [0.15, 0.2) is 30.3 Å². The minimum atomic E-state index is -2.88. The summed E-state index contributed by atoms with van der Waals surface area (Å²) in [6.07, 6.45) is -5.14. The monoisotopic (exact) mass is 174 g/mol. The molecule has 1 aromatic carbocycles. The first-order chi connectivity index (χ1) is 5.70. The van der Waals surface area contributed by atoms with Crippen molar-refractivity contribution in [2.75, 3.05) is 0 Å². The Bertz CT molecular complexity index is 220. The summed E-state index contributed by atoms with van der Waals surface area (Å²) in [4.78, 5) is 0. The molecule has 1 rings (SSSR count). The highest BCUT2D eigenvalue weighted by atomic mass is 19.3. The van der Waals surface area contributed by atoms with Crippen molar-refractivity contribution >= 4 is 0 Å². The first-order valence-corrected chi connectivity index (χ1v) is 3.66. The number of halogens is 3. The number of rotatable bonds is 3. The number of alkyl halides is 3. The van der Waals surface area contributed by atoms with Crippen LogP contribution < -0.4 is 0 Å². The maximum absolute atomic E-state index is 12.5. The van der Waals surface area contributed by atoms with E-state index in [1.165, 1.54) is 0 Å². The zero-order valence-corrected chi connectivity index (χ0v) is 6.38. The van der Waals surface area contributed by atoms with Gasteiger partial charge in [0.2, 0.25) is 0 Å². The van der Waals surface area contributed by atoms with Crippen molar-refractivity contribution in [3.05, 3.63) is 35.9 Å². The highest BCUT2D eigenvalue weighted by molar-refractivity contribution is 5.15. The first-order valence-electron chi connectivity index (χ1n) is 3.66. The van der Waals surface area contributed by atoms with E-state index in [4.69, 9.17) is 0 Å². The van der Waals surface area contributed by atoms with Crippen LogP contribution in [0.3, 0.4) is 0 Å². The average molecular weight is 174 g/mol. The Balaban J connectivity index is 2.53. The fourth-order valence-corrected chi connectivity index (χ4v) is 0.928. The van der Waals surface area contributed by atoms with Crippen LogP contribution in [-0.4, -0.2) is 12.6 Å². The van der Waals surface area contributed by atoms with E-state index < -0.39 is 12.6 Å². The van der Waals surface area contributed by atoms with Crippen LogP contribution in [-0.2, 0) is 6.42 Å². The number of hydrogen-bond acceptors (Lipinski definition) is 0. The molecule has 0 amide bonds. The molecular formula is C9H9F3. The normalized spacial score (nSPS) is 13.3. The second kappa shape index (κ2) is 4.14. The van der Waals surface area contributed by atoms with E-state index in [1.807, 2.05) is 0 Å². The van der Waals surface area contributed by atoms with Gasteiger partial charge in [0, 0.05) is 6.42 Å². The van der Waals surface area contributed by atoms with Crippen molar-refractivity contribution in [1.82, 2.24) is 0 Å². The van der Waals surface area contributed by atoms with Gasteiger partial charge >= 0.3 is 0 Å². The first kappa shape index (κ1) is 9.10. The summed E-state index contributed by atoms with van der Waals surface area (Å²) in [6, 6.07) is 8.43. The van der Waals surface area contributed by atoms with Crippen molar-refractivity contribution in [2.45, 2.75) is 19.0 Å². The average Bonchev–Trinajstić information content (AvgIpc) is 2.06. The van der Waals surface area contributed by atoms with Gasteiger partial charge in [-0.2, -0.15) is 0 Å². The van der Waals surface area contributed by atoms with E-state index in [0.717, 1.165) is 0 Å². The lowest BCUT2D eigenvalue weighted by Crippen LogP contribution is -2.14. The van der Waals surface area contributed by atoms with Crippen LogP contribution in [0.25, 0.3) is 0 Å². The van der Waals surface area contributed by atoms with Crippen LogP contribution >= 0.6 is 0 Å². The second-order valence-corrected chi connectivity index (χ2v) is 2.54. The van der Waals surface area contributed by atoms with Gasteiger partial charge in [0.25, 0.3) is 6.43 Å². The Morgan fingerprint density at radius 3 is 2.08 bits per heavy atom. The molecule has 0 radical (unpaired) electrons. The highest BCUT2D eigenvalue weighted by Crippen LogP contribution is 2.12. The molecule has 66 valence electrons. The van der Waals surface area contributed by atoms with Crippen LogP contribution in [0, 0.1) is 0 Å². The van der Waals surface area contributed by atoms with Gasteiger partial charge in [0.1, 0.15) is 0 Å². The molecule has 0 nitrogen and oxygen atoms in total. The molecule has 0 saturated heterocycles. The molecule has 12 heavy (non-hydrogen) atoms. The van der Waals surface area contributed by atoms with Crippen LogP contribution in [0.5, 0.6) is 0 Å². The molecule has 0 aliphatic carbocycles. The minimum absolute atomic E-state index is 0.210. The summed E-state index contributed by atoms with van der Waals surface area (Å²) in [5.74, 6) is 0. The van der Waals surface area contributed by atoms with Crippen molar-refractivity contribution in [3.8, 4) is 0 Å². The predicted octanol–water partition coefficient (Wildman–Crippen LogP) is 2.83. The van der Waals surface area contributed by atoms with Gasteiger partial charge in [0.05, 0.1) is 0 Å². The topological polar surface area (TPSA) is 0 Å². The molecule has 0 aliphatic heterocycles. The maximum atomic E-state index is 12.5. The molecule has 0 N–H and O–H groups in total. The highest BCUT2D eigenvalue weighted by Gasteiger charge is 2.18. The van der Waals surface area contributed by atoms with E-state index in [-0.39, 0.29) is 6.42 Å². The van der Waals surface area contributed by atoms with Crippen molar-refractivity contribution < 1.29 is 13.2 Å². The third-order valence-corrected chi connectivity index (χ3v) is 1.55. The summed E-state index contributed by atoms with van der Waals surface area (Å²) in [6.45, 7) is 0. The summed E-state index contributed by atoms with van der Waals surface area (Å²) in [7, 11) is 0. The second-order valence-electron chi connectivity index (χ2n) is 2.54. The van der Waals surface area contributed by atoms with E-state index in [1.54, 1.807) is 30.3 Å². The zero-order valence-electron chi connectivity index (χ0n) is 6.38. The SMILES string of the molecule is FC(F)C(F)Cc1ccccc1. The van der Waals surface area contributed by atoms with Gasteiger partial charge in [0.15, 0.2) is 6.17 Å². The van der Waals surface area contributed by atoms with E-state index in [2.05, 4.69) is 0 Å². The summed E-state index contributed by atoms with van der Waals surface area (Å²) < 4.78 is 35.9. The molecule has 1 atom stereocenters. The molecule has 0 aliphatic rings. The van der Waals surface area contributed by atoms with Gasteiger partial charge in [-0.25, -0.2) is 13.2 Å². The van der Waals surface area contributed by atoms with E-state index >= 15 is 0 Å². The number of hydrogen-bond donors (Lipinski definition) is 0. The minimum Gasteiger partial charge on any atom is -0.241 e. The van der Waals surface area contributed by atoms with E-state index in [0.29, 0.717) is 5.56 Å². The maximum Gasteiger partial charge on any atom is 0.269 e. The van der Waals surface area contributed by atoms with Crippen molar-refractivity contribution in [2.24, 2.45) is 0 Å². The quantitative estimate of drug-likeness (QED) is 0.661. The largest absolute Gasteiger partial charge is 0.269 e. The fraction of sp³-hybridized carbons (Fsp3) is 0.333.